The lowest BCUT2D eigenvalue weighted by atomic mass is 9.77. The number of methoxy groups -OCH3 is 1. The zero-order chi connectivity index (χ0) is 26.8. The Morgan fingerprint density at radius 1 is 1.08 bits per heavy atom. The highest BCUT2D eigenvalue weighted by Crippen LogP contribution is 2.40. The normalized spacial score (nSPS) is 19.3. The zero-order valence-corrected chi connectivity index (χ0v) is 23.5. The van der Waals surface area contributed by atoms with Crippen molar-refractivity contribution in [1.29, 1.82) is 0 Å². The molecule has 0 bridgehead atoms. The fraction of sp³-hybridized carbons (Fsp3) is 0.552. The largest absolute Gasteiger partial charge is 0.467 e. The summed E-state index contributed by atoms with van der Waals surface area (Å²) in [6.07, 6.45) is 0.457. The molecule has 0 saturated carbocycles. The van der Waals surface area contributed by atoms with Gasteiger partial charge in [0.05, 0.1) is 19.4 Å². The van der Waals surface area contributed by atoms with Gasteiger partial charge in [0.2, 0.25) is 5.91 Å². The molecule has 1 saturated heterocycles. The van der Waals surface area contributed by atoms with Gasteiger partial charge in [-0.25, -0.2) is 4.79 Å². The van der Waals surface area contributed by atoms with E-state index in [1.807, 2.05) is 47.6 Å². The van der Waals surface area contributed by atoms with Crippen molar-refractivity contribution in [2.75, 3.05) is 13.7 Å². The Labute approximate surface area is 219 Å². The van der Waals surface area contributed by atoms with E-state index < -0.39 is 34.9 Å². The van der Waals surface area contributed by atoms with E-state index in [-0.39, 0.29) is 17.6 Å². The SMILES string of the molecule is COC(=O)[C@@H]1C[C@@H](Sc2cccc3ccc(C)cc23)CN1C(=O)[C@@H](CC(=O)OC(C)(C)C)C(C)(C)C. The van der Waals surface area contributed by atoms with Crippen LogP contribution in [0, 0.1) is 18.3 Å². The van der Waals surface area contributed by atoms with E-state index in [1.165, 1.54) is 18.1 Å². The summed E-state index contributed by atoms with van der Waals surface area (Å²) in [5.74, 6) is -1.67. The van der Waals surface area contributed by atoms with Gasteiger partial charge in [0.15, 0.2) is 0 Å². The molecular weight excluding hydrogens is 474 g/mol. The first-order chi connectivity index (χ1) is 16.7. The fourth-order valence-electron chi connectivity index (χ4n) is 4.64. The molecule has 1 aliphatic heterocycles. The molecule has 0 N–H and O–H groups in total. The van der Waals surface area contributed by atoms with Gasteiger partial charge in [-0.1, -0.05) is 56.7 Å². The Morgan fingerprint density at radius 3 is 2.39 bits per heavy atom. The summed E-state index contributed by atoms with van der Waals surface area (Å²) in [7, 11) is 1.35. The van der Waals surface area contributed by atoms with Gasteiger partial charge < -0.3 is 14.4 Å². The number of aryl methyl sites for hydroxylation is 1. The summed E-state index contributed by atoms with van der Waals surface area (Å²) in [5, 5.41) is 2.34. The van der Waals surface area contributed by atoms with E-state index in [0.717, 1.165) is 10.3 Å². The molecule has 196 valence electrons. The van der Waals surface area contributed by atoms with E-state index in [2.05, 4.69) is 37.3 Å². The third-order valence-corrected chi connectivity index (χ3v) is 7.73. The summed E-state index contributed by atoms with van der Waals surface area (Å²) in [6, 6.07) is 11.9. The number of fused-ring (bicyclic) bond motifs is 1. The Hall–Kier alpha value is -2.54. The number of ether oxygens (including phenoxy) is 2. The Kier molecular flexibility index (Phi) is 8.44. The lowest BCUT2D eigenvalue weighted by Crippen LogP contribution is -2.47. The van der Waals surface area contributed by atoms with Crippen LogP contribution in [0.4, 0.5) is 0 Å². The summed E-state index contributed by atoms with van der Waals surface area (Å²) >= 11 is 1.69. The highest BCUT2D eigenvalue weighted by atomic mass is 32.2. The second-order valence-corrected chi connectivity index (χ2v) is 13.0. The third kappa shape index (κ3) is 6.81. The van der Waals surface area contributed by atoms with Crippen LogP contribution in [0.5, 0.6) is 0 Å². The first-order valence-electron chi connectivity index (χ1n) is 12.5. The molecule has 1 aliphatic rings. The van der Waals surface area contributed by atoms with Crippen LogP contribution in [-0.2, 0) is 23.9 Å². The van der Waals surface area contributed by atoms with Gasteiger partial charge in [0.1, 0.15) is 11.6 Å². The van der Waals surface area contributed by atoms with Crippen LogP contribution in [0.25, 0.3) is 10.8 Å². The number of rotatable bonds is 6. The molecule has 0 spiro atoms. The number of likely N-dealkylation sites (tertiary alicyclic amines) is 1. The third-order valence-electron chi connectivity index (χ3n) is 6.44. The topological polar surface area (TPSA) is 72.9 Å². The number of carbonyl (C=O) groups is 3. The number of thioether (sulfide) groups is 1. The number of nitrogens with zero attached hydrogens (tertiary/aromatic N) is 1. The minimum Gasteiger partial charge on any atom is -0.467 e. The van der Waals surface area contributed by atoms with Gasteiger partial charge >= 0.3 is 11.9 Å². The molecule has 36 heavy (non-hydrogen) atoms. The van der Waals surface area contributed by atoms with Crippen molar-refractivity contribution in [1.82, 2.24) is 4.90 Å². The summed E-state index contributed by atoms with van der Waals surface area (Å²) < 4.78 is 10.6. The molecule has 0 radical (unpaired) electrons. The van der Waals surface area contributed by atoms with E-state index >= 15 is 0 Å². The number of carbonyl (C=O) groups excluding carboxylic acids is 3. The number of esters is 2. The Morgan fingerprint density at radius 2 is 1.78 bits per heavy atom. The highest BCUT2D eigenvalue weighted by Gasteiger charge is 2.46. The maximum Gasteiger partial charge on any atom is 0.328 e. The van der Waals surface area contributed by atoms with E-state index in [4.69, 9.17) is 9.47 Å². The molecular formula is C29H39NO5S. The predicted molar refractivity (Wildman–Crippen MR) is 144 cm³/mol. The van der Waals surface area contributed by atoms with Gasteiger partial charge in [-0.15, -0.1) is 11.8 Å². The molecule has 7 heteroatoms. The van der Waals surface area contributed by atoms with Crippen LogP contribution in [0.1, 0.15) is 59.9 Å². The van der Waals surface area contributed by atoms with Gasteiger partial charge in [-0.3, -0.25) is 9.59 Å². The molecule has 0 aliphatic carbocycles. The van der Waals surface area contributed by atoms with Gasteiger partial charge in [-0.05, 0) is 56.4 Å². The van der Waals surface area contributed by atoms with Crippen molar-refractivity contribution in [3.8, 4) is 0 Å². The quantitative estimate of drug-likeness (QED) is 0.456. The molecule has 6 nitrogen and oxygen atoms in total. The minimum atomic E-state index is -0.680. The number of hydrogen-bond donors (Lipinski definition) is 0. The van der Waals surface area contributed by atoms with Crippen molar-refractivity contribution in [2.24, 2.45) is 11.3 Å². The fourth-order valence-corrected chi connectivity index (χ4v) is 5.97. The van der Waals surface area contributed by atoms with Crippen LogP contribution >= 0.6 is 11.8 Å². The first-order valence-corrected chi connectivity index (χ1v) is 13.3. The van der Waals surface area contributed by atoms with Crippen LogP contribution < -0.4 is 0 Å². The molecule has 1 fully saturated rings. The monoisotopic (exact) mass is 513 g/mol. The minimum absolute atomic E-state index is 0.0197. The second-order valence-electron chi connectivity index (χ2n) is 11.7. The van der Waals surface area contributed by atoms with E-state index in [0.29, 0.717) is 13.0 Å². The summed E-state index contributed by atoms with van der Waals surface area (Å²) in [4.78, 5) is 42.1. The van der Waals surface area contributed by atoms with Crippen molar-refractivity contribution >= 4 is 40.4 Å². The predicted octanol–water partition coefficient (Wildman–Crippen LogP) is 5.78. The van der Waals surface area contributed by atoms with Crippen molar-refractivity contribution in [2.45, 2.75) is 83.1 Å². The second kappa shape index (κ2) is 10.8. The maximum absolute atomic E-state index is 13.9. The number of amides is 1. The molecule has 2 aromatic rings. The van der Waals surface area contributed by atoms with Crippen LogP contribution in [-0.4, -0.2) is 53.3 Å². The van der Waals surface area contributed by atoms with Crippen LogP contribution in [0.2, 0.25) is 0 Å². The van der Waals surface area contributed by atoms with Crippen LogP contribution in [0.15, 0.2) is 41.3 Å². The molecule has 0 aromatic heterocycles. The molecule has 0 unspecified atom stereocenters. The lowest BCUT2D eigenvalue weighted by Gasteiger charge is -2.34. The van der Waals surface area contributed by atoms with Gasteiger partial charge in [-0.2, -0.15) is 0 Å². The number of benzene rings is 2. The maximum atomic E-state index is 13.9. The average Bonchev–Trinajstić information content (AvgIpc) is 3.19. The standard InChI is InChI=1S/C29H39NO5S/c1-18-12-13-19-10-9-11-24(21(19)14-18)36-20-15-23(27(33)34-8)30(17-20)26(32)22(28(2,3)4)16-25(31)35-29(5,6)7/h9-14,20,22-23H,15-17H2,1-8H3/t20-,22-,23+/m1/s1. The summed E-state index contributed by atoms with van der Waals surface area (Å²) in [6.45, 7) is 13.7. The van der Waals surface area contributed by atoms with Gasteiger partial charge in [0, 0.05) is 16.7 Å². The Bertz CT molecular complexity index is 1130. The molecule has 3 atom stereocenters. The highest BCUT2D eigenvalue weighted by molar-refractivity contribution is 8.00. The average molecular weight is 514 g/mol. The number of hydrogen-bond acceptors (Lipinski definition) is 6. The van der Waals surface area contributed by atoms with Crippen molar-refractivity contribution in [3.05, 3.63) is 42.0 Å². The van der Waals surface area contributed by atoms with Crippen molar-refractivity contribution in [3.63, 3.8) is 0 Å². The van der Waals surface area contributed by atoms with E-state index in [1.54, 1.807) is 16.7 Å². The lowest BCUT2D eigenvalue weighted by molar-refractivity contribution is -0.162. The van der Waals surface area contributed by atoms with E-state index in [9.17, 15) is 14.4 Å². The summed E-state index contributed by atoms with van der Waals surface area (Å²) in [5.41, 5.74) is 0.0532. The first kappa shape index (κ1) is 28.0. The smallest absolute Gasteiger partial charge is 0.328 e. The van der Waals surface area contributed by atoms with Gasteiger partial charge in [0.25, 0.3) is 0 Å². The van der Waals surface area contributed by atoms with Crippen molar-refractivity contribution < 1.29 is 23.9 Å². The molecule has 1 heterocycles. The molecule has 1 amide bonds. The van der Waals surface area contributed by atoms with Crippen LogP contribution in [0.3, 0.4) is 0 Å². The molecule has 2 aromatic carbocycles. The molecule has 3 rings (SSSR count). The Balaban J connectivity index is 1.86. The zero-order valence-electron chi connectivity index (χ0n) is 22.7.